The van der Waals surface area contributed by atoms with Gasteiger partial charge in [0.05, 0.1) is 0 Å². The number of nitrogens with zero attached hydrogens (tertiary/aromatic N) is 1. The van der Waals surface area contributed by atoms with Crippen LogP contribution in [0.1, 0.15) is 12.8 Å². The van der Waals surface area contributed by atoms with Gasteiger partial charge in [-0.15, -0.1) is 0 Å². The first-order valence-corrected chi connectivity index (χ1v) is 5.30. The van der Waals surface area contributed by atoms with Crippen LogP contribution in [0.2, 0.25) is 0 Å². The van der Waals surface area contributed by atoms with Crippen molar-refractivity contribution in [3.8, 4) is 0 Å². The van der Waals surface area contributed by atoms with Crippen LogP contribution in [0.25, 0.3) is 0 Å². The summed E-state index contributed by atoms with van der Waals surface area (Å²) in [5, 5.41) is 13.2. The van der Waals surface area contributed by atoms with Crippen molar-refractivity contribution in [1.29, 1.82) is 5.41 Å². The van der Waals surface area contributed by atoms with Crippen molar-refractivity contribution in [2.45, 2.75) is 12.8 Å². The Labute approximate surface area is 85.5 Å². The largest absolute Gasteiger partial charge is 0.370 e. The Bertz CT molecular complexity index is 163. The Morgan fingerprint density at radius 2 is 2.21 bits per heavy atom. The molecule has 0 aromatic carbocycles. The lowest BCUT2D eigenvalue weighted by Gasteiger charge is -2.24. The van der Waals surface area contributed by atoms with Gasteiger partial charge in [0.15, 0.2) is 5.96 Å². The molecule has 0 unspecified atom stereocenters. The van der Waals surface area contributed by atoms with E-state index in [0.717, 1.165) is 32.7 Å². The molecule has 0 bridgehead atoms. The molecule has 1 saturated heterocycles. The van der Waals surface area contributed by atoms with E-state index in [0.29, 0.717) is 0 Å². The van der Waals surface area contributed by atoms with Crippen molar-refractivity contribution in [3.05, 3.63) is 0 Å². The molecule has 1 heterocycles. The van der Waals surface area contributed by atoms with Gasteiger partial charge in [-0.25, -0.2) is 0 Å². The molecular formula is C9H21N5. The maximum Gasteiger partial charge on any atom is 0.185 e. The maximum absolute atomic E-state index is 7.03. The molecule has 1 fully saturated rings. The molecular weight excluding hydrogens is 178 g/mol. The third kappa shape index (κ3) is 5.04. The van der Waals surface area contributed by atoms with Crippen molar-refractivity contribution in [1.82, 2.24) is 15.5 Å². The first kappa shape index (κ1) is 11.3. The normalized spacial score (nSPS) is 19.7. The summed E-state index contributed by atoms with van der Waals surface area (Å²) in [6.07, 6.45) is 2.52. The Balaban J connectivity index is 2.10. The lowest BCUT2D eigenvalue weighted by Crippen LogP contribution is -2.41. The molecule has 0 aromatic heterocycles. The van der Waals surface area contributed by atoms with Crippen LogP contribution in [0.3, 0.4) is 0 Å². The third-order valence-electron chi connectivity index (χ3n) is 2.43. The molecule has 0 aromatic rings. The maximum atomic E-state index is 7.03. The summed E-state index contributed by atoms with van der Waals surface area (Å²) in [7, 11) is 0. The quantitative estimate of drug-likeness (QED) is 0.353. The van der Waals surface area contributed by atoms with Crippen LogP contribution >= 0.6 is 0 Å². The SMILES string of the molecule is N=C(N)NCCN1CCCCNCC1. The molecule has 0 radical (unpaired) electrons. The molecule has 0 aliphatic carbocycles. The minimum absolute atomic E-state index is 0.0650. The molecule has 14 heavy (non-hydrogen) atoms. The fraction of sp³-hybridized carbons (Fsp3) is 0.889. The van der Waals surface area contributed by atoms with Crippen LogP contribution in [0.5, 0.6) is 0 Å². The molecule has 0 atom stereocenters. The van der Waals surface area contributed by atoms with E-state index in [1.54, 1.807) is 0 Å². The van der Waals surface area contributed by atoms with Gasteiger partial charge in [-0.1, -0.05) is 0 Å². The summed E-state index contributed by atoms with van der Waals surface area (Å²) in [6.45, 7) is 6.23. The molecule has 5 nitrogen and oxygen atoms in total. The highest BCUT2D eigenvalue weighted by Gasteiger charge is 2.06. The van der Waals surface area contributed by atoms with Crippen molar-refractivity contribution in [2.75, 3.05) is 39.3 Å². The number of nitrogens with two attached hydrogens (primary N) is 1. The van der Waals surface area contributed by atoms with Gasteiger partial charge in [-0.2, -0.15) is 0 Å². The van der Waals surface area contributed by atoms with E-state index in [9.17, 15) is 0 Å². The second kappa shape index (κ2) is 6.62. The monoisotopic (exact) mass is 199 g/mol. The topological polar surface area (TPSA) is 77.2 Å². The Morgan fingerprint density at radius 1 is 1.36 bits per heavy atom. The van der Waals surface area contributed by atoms with Crippen LogP contribution in [0.4, 0.5) is 0 Å². The highest BCUT2D eigenvalue weighted by atomic mass is 15.2. The molecule has 0 spiro atoms. The molecule has 0 amide bonds. The van der Waals surface area contributed by atoms with Crippen LogP contribution in [-0.2, 0) is 0 Å². The zero-order valence-electron chi connectivity index (χ0n) is 8.68. The van der Waals surface area contributed by atoms with Crippen molar-refractivity contribution in [2.24, 2.45) is 5.73 Å². The second-order valence-corrected chi connectivity index (χ2v) is 3.64. The van der Waals surface area contributed by atoms with Gasteiger partial charge < -0.3 is 21.3 Å². The number of guanidine groups is 1. The van der Waals surface area contributed by atoms with Crippen molar-refractivity contribution < 1.29 is 0 Å². The fourth-order valence-corrected chi connectivity index (χ4v) is 1.63. The third-order valence-corrected chi connectivity index (χ3v) is 2.43. The fourth-order valence-electron chi connectivity index (χ4n) is 1.63. The standard InChI is InChI=1S/C9H21N5/c10-9(11)13-5-8-14-6-2-1-3-12-4-7-14/h12H,1-8H2,(H4,10,11,13). The average molecular weight is 199 g/mol. The van der Waals surface area contributed by atoms with Crippen LogP contribution in [0.15, 0.2) is 0 Å². The summed E-state index contributed by atoms with van der Waals surface area (Å²) >= 11 is 0. The van der Waals surface area contributed by atoms with E-state index in [4.69, 9.17) is 11.1 Å². The van der Waals surface area contributed by atoms with Gasteiger partial charge >= 0.3 is 0 Å². The summed E-state index contributed by atoms with van der Waals surface area (Å²) in [4.78, 5) is 2.40. The van der Waals surface area contributed by atoms with Crippen molar-refractivity contribution in [3.63, 3.8) is 0 Å². The van der Waals surface area contributed by atoms with Crippen molar-refractivity contribution >= 4 is 5.96 Å². The molecule has 82 valence electrons. The predicted octanol–water partition coefficient (Wildman–Crippen LogP) is -0.845. The molecule has 5 N–H and O–H groups in total. The van der Waals surface area contributed by atoms with Crippen LogP contribution in [0, 0.1) is 5.41 Å². The van der Waals surface area contributed by atoms with Crippen LogP contribution in [-0.4, -0.2) is 50.1 Å². The number of nitrogens with one attached hydrogen (secondary N) is 3. The minimum atomic E-state index is 0.0650. The molecule has 1 rings (SSSR count). The Kier molecular flexibility index (Phi) is 5.32. The highest BCUT2D eigenvalue weighted by molar-refractivity contribution is 5.74. The highest BCUT2D eigenvalue weighted by Crippen LogP contribution is 1.96. The number of hydrogen-bond acceptors (Lipinski definition) is 3. The van der Waals surface area contributed by atoms with E-state index in [-0.39, 0.29) is 5.96 Å². The van der Waals surface area contributed by atoms with Gasteiger partial charge in [0.2, 0.25) is 0 Å². The van der Waals surface area contributed by atoms with Gasteiger partial charge in [0.1, 0.15) is 0 Å². The molecule has 1 aliphatic rings. The van der Waals surface area contributed by atoms with E-state index < -0.39 is 0 Å². The second-order valence-electron chi connectivity index (χ2n) is 3.64. The summed E-state index contributed by atoms with van der Waals surface area (Å²) in [5.74, 6) is 0.0650. The zero-order valence-corrected chi connectivity index (χ0v) is 8.68. The summed E-state index contributed by atoms with van der Waals surface area (Å²) < 4.78 is 0. The lowest BCUT2D eigenvalue weighted by atomic mass is 10.2. The van der Waals surface area contributed by atoms with Crippen LogP contribution < -0.4 is 16.4 Å². The Morgan fingerprint density at radius 3 is 3.00 bits per heavy atom. The van der Waals surface area contributed by atoms with E-state index in [2.05, 4.69) is 15.5 Å². The first-order valence-electron chi connectivity index (χ1n) is 5.30. The van der Waals surface area contributed by atoms with Gasteiger partial charge in [-0.3, -0.25) is 5.41 Å². The Hall–Kier alpha value is -0.810. The smallest absolute Gasteiger partial charge is 0.185 e. The number of hydrogen-bond donors (Lipinski definition) is 4. The van der Waals surface area contributed by atoms with E-state index in [1.165, 1.54) is 19.4 Å². The molecule has 5 heteroatoms. The van der Waals surface area contributed by atoms with Gasteiger partial charge in [0.25, 0.3) is 0 Å². The average Bonchev–Trinajstić information content (AvgIpc) is 2.07. The van der Waals surface area contributed by atoms with Gasteiger partial charge in [0, 0.05) is 26.2 Å². The summed E-state index contributed by atoms with van der Waals surface area (Å²) in [5.41, 5.74) is 5.21. The lowest BCUT2D eigenvalue weighted by molar-refractivity contribution is 0.258. The zero-order chi connectivity index (χ0) is 10.2. The predicted molar refractivity (Wildman–Crippen MR) is 58.5 cm³/mol. The van der Waals surface area contributed by atoms with Gasteiger partial charge in [-0.05, 0) is 25.9 Å². The minimum Gasteiger partial charge on any atom is -0.370 e. The van der Waals surface area contributed by atoms with E-state index in [1.807, 2.05) is 0 Å². The number of rotatable bonds is 3. The molecule has 1 aliphatic heterocycles. The first-order chi connectivity index (χ1) is 6.79. The summed E-state index contributed by atoms with van der Waals surface area (Å²) in [6, 6.07) is 0. The van der Waals surface area contributed by atoms with E-state index >= 15 is 0 Å². The molecule has 0 saturated carbocycles.